The van der Waals surface area contributed by atoms with Gasteiger partial charge in [0.1, 0.15) is 5.82 Å². The lowest BCUT2D eigenvalue weighted by Crippen LogP contribution is -2.26. The lowest BCUT2D eigenvalue weighted by molar-refractivity contribution is -0.527. The predicted octanol–water partition coefficient (Wildman–Crippen LogP) is 6.19. The Morgan fingerprint density at radius 2 is 2.07 bits per heavy atom. The number of hydrogen-bond acceptors (Lipinski definition) is 7. The molecular formula is C34H39FN5O3S+. The Balaban J connectivity index is 1.29. The van der Waals surface area contributed by atoms with E-state index < -0.39 is 17.8 Å². The standard InChI is InChI=1S/C34H38FN5O3S/c1-20-9-12-29(41)28(40-14-5-7-22(19-36-40)27-8-6-13-39(27)4)17-25(37-20)21-10-11-24(35)26(15-21)38-33(43)30-16-23-31(44-30)18-34(2,3)32(23)42/h5,7,10-11,15-17,19-20,27,32,42H,6,8-9,12-14,18H2,1-4H3/p+1. The minimum Gasteiger partial charge on any atom is -0.388 e. The lowest BCUT2D eigenvalue weighted by Gasteiger charge is -2.22. The van der Waals surface area contributed by atoms with Gasteiger partial charge in [0.2, 0.25) is 5.78 Å². The second-order valence-corrected chi connectivity index (χ2v) is 14.1. The first-order valence-corrected chi connectivity index (χ1v) is 16.1. The van der Waals surface area contributed by atoms with Crippen molar-refractivity contribution >= 4 is 34.4 Å². The molecule has 10 heteroatoms. The van der Waals surface area contributed by atoms with E-state index >= 15 is 4.39 Å². The third kappa shape index (κ3) is 6.03. The van der Waals surface area contributed by atoms with Crippen LogP contribution in [-0.2, 0) is 11.2 Å². The van der Waals surface area contributed by atoms with Gasteiger partial charge >= 0.3 is 0 Å². The van der Waals surface area contributed by atoms with Crippen LogP contribution in [0.25, 0.3) is 0 Å². The number of azo groups is 2. The number of anilines is 1. The van der Waals surface area contributed by atoms with Crippen LogP contribution >= 0.6 is 11.3 Å². The molecule has 1 amide bonds. The van der Waals surface area contributed by atoms with E-state index in [1.807, 2.05) is 33.0 Å². The van der Waals surface area contributed by atoms with Crippen molar-refractivity contribution in [2.24, 2.45) is 15.5 Å². The smallest absolute Gasteiger partial charge is 0.277 e. The molecule has 6 rings (SSSR count). The van der Waals surface area contributed by atoms with Gasteiger partial charge in [-0.1, -0.05) is 24.6 Å². The van der Waals surface area contributed by atoms with Gasteiger partial charge in [0.15, 0.2) is 6.54 Å². The molecule has 1 saturated heterocycles. The summed E-state index contributed by atoms with van der Waals surface area (Å²) in [4.78, 5) is 35.2. The number of ketones is 1. The van der Waals surface area contributed by atoms with Crippen molar-refractivity contribution in [1.29, 1.82) is 0 Å². The zero-order valence-corrected chi connectivity index (χ0v) is 26.5. The Morgan fingerprint density at radius 1 is 1.25 bits per heavy atom. The molecule has 3 atom stereocenters. The molecule has 1 aromatic carbocycles. The molecule has 0 saturated carbocycles. The first kappa shape index (κ1) is 30.4. The van der Waals surface area contributed by atoms with Crippen LogP contribution in [0.2, 0.25) is 0 Å². The van der Waals surface area contributed by atoms with Crippen molar-refractivity contribution in [3.05, 3.63) is 86.7 Å². The van der Waals surface area contributed by atoms with Crippen LogP contribution in [0.1, 0.15) is 78.2 Å². The van der Waals surface area contributed by atoms with Gasteiger partial charge in [-0.3, -0.25) is 19.5 Å². The average Bonchev–Trinajstić information content (AvgIpc) is 3.58. The highest BCUT2D eigenvalue weighted by atomic mass is 32.1. The van der Waals surface area contributed by atoms with Gasteiger partial charge in [0.05, 0.1) is 28.6 Å². The number of nitrogens with one attached hydrogen (secondary N) is 1. The molecule has 1 aliphatic carbocycles. The van der Waals surface area contributed by atoms with Crippen LogP contribution in [0.4, 0.5) is 10.1 Å². The van der Waals surface area contributed by atoms with Crippen molar-refractivity contribution in [3.63, 3.8) is 0 Å². The number of benzene rings is 1. The van der Waals surface area contributed by atoms with E-state index in [2.05, 4.69) is 23.3 Å². The summed E-state index contributed by atoms with van der Waals surface area (Å²) in [6, 6.07) is 6.38. The molecule has 1 fully saturated rings. The van der Waals surface area contributed by atoms with E-state index in [-0.39, 0.29) is 22.9 Å². The third-order valence-corrected chi connectivity index (χ3v) is 10.2. The molecule has 0 spiro atoms. The number of halogens is 1. The van der Waals surface area contributed by atoms with E-state index in [0.29, 0.717) is 53.7 Å². The van der Waals surface area contributed by atoms with Crippen LogP contribution in [0.15, 0.2) is 70.1 Å². The van der Waals surface area contributed by atoms with Crippen molar-refractivity contribution in [1.82, 2.24) is 4.90 Å². The number of likely N-dealkylation sites (tertiary alicyclic amines) is 1. The van der Waals surface area contributed by atoms with Crippen LogP contribution in [0, 0.1) is 11.2 Å². The molecule has 3 unspecified atom stereocenters. The molecule has 44 heavy (non-hydrogen) atoms. The van der Waals surface area contributed by atoms with Crippen LogP contribution in [0.5, 0.6) is 0 Å². The van der Waals surface area contributed by atoms with E-state index in [1.165, 1.54) is 17.4 Å². The highest BCUT2D eigenvalue weighted by Gasteiger charge is 2.40. The molecule has 2 N–H and O–H groups in total. The SMILES string of the molecule is CC1CCC(=O)C([N+]2=NC=C(C3CCCN3C)C=CC2)=CC(c2ccc(F)c(NC(=O)c3cc4c(s3)CC(C)(C)C4O)c2)=N1. The van der Waals surface area contributed by atoms with E-state index in [4.69, 9.17) is 10.1 Å². The highest BCUT2D eigenvalue weighted by Crippen LogP contribution is 2.48. The van der Waals surface area contributed by atoms with Crippen molar-refractivity contribution in [2.75, 3.05) is 25.5 Å². The molecule has 3 aliphatic heterocycles. The molecule has 1 aromatic heterocycles. The number of rotatable bonds is 5. The maximum absolute atomic E-state index is 15.0. The topological polar surface area (TPSA) is 97.4 Å². The number of allylic oxidation sites excluding steroid dienone is 2. The summed E-state index contributed by atoms with van der Waals surface area (Å²) in [5.74, 6) is -1.03. The number of likely N-dealkylation sites (N-methyl/N-ethyl adjacent to an activating group) is 1. The maximum Gasteiger partial charge on any atom is 0.277 e. The molecule has 8 nitrogen and oxygen atoms in total. The first-order valence-electron chi connectivity index (χ1n) is 15.3. The number of hydrogen-bond donors (Lipinski definition) is 2. The van der Waals surface area contributed by atoms with Gasteiger partial charge in [-0.2, -0.15) is 0 Å². The number of thiophene rings is 1. The number of carbonyl (C=O) groups is 2. The van der Waals surface area contributed by atoms with E-state index in [1.54, 1.807) is 29.0 Å². The van der Waals surface area contributed by atoms with E-state index in [9.17, 15) is 14.7 Å². The van der Waals surface area contributed by atoms with Gasteiger partial charge in [0.25, 0.3) is 11.6 Å². The molecule has 4 heterocycles. The van der Waals surface area contributed by atoms with Crippen LogP contribution < -0.4 is 5.32 Å². The molecule has 4 aliphatic rings. The van der Waals surface area contributed by atoms with Gasteiger partial charge in [0, 0.05) is 35.0 Å². The van der Waals surface area contributed by atoms with Crippen molar-refractivity contribution in [3.8, 4) is 0 Å². The number of aliphatic hydroxyl groups excluding tert-OH is 1. The maximum atomic E-state index is 15.0. The molecule has 0 bridgehead atoms. The van der Waals surface area contributed by atoms with Gasteiger partial charge in [-0.15, -0.1) is 11.3 Å². The highest BCUT2D eigenvalue weighted by molar-refractivity contribution is 7.14. The molecule has 230 valence electrons. The fourth-order valence-electron chi connectivity index (χ4n) is 6.42. The molecule has 0 radical (unpaired) electrons. The summed E-state index contributed by atoms with van der Waals surface area (Å²) in [7, 11) is 2.12. The quantitative estimate of drug-likeness (QED) is 0.392. The van der Waals surface area contributed by atoms with Crippen molar-refractivity contribution in [2.45, 2.75) is 71.1 Å². The minimum atomic E-state index is -0.643. The molecule has 2 aromatic rings. The zero-order valence-electron chi connectivity index (χ0n) is 25.6. The summed E-state index contributed by atoms with van der Waals surface area (Å²) in [6.07, 6.45) is 10.9. The van der Waals surface area contributed by atoms with Gasteiger partial charge in [-0.25, -0.2) is 4.39 Å². The molecular weight excluding hydrogens is 577 g/mol. The number of aliphatic hydroxyl groups is 1. The largest absolute Gasteiger partial charge is 0.388 e. The fraction of sp³-hybridized carbons (Fsp3) is 0.441. The second kappa shape index (κ2) is 12.1. The number of aliphatic imine (C=N–C) groups is 1. The van der Waals surface area contributed by atoms with Crippen molar-refractivity contribution < 1.29 is 23.8 Å². The second-order valence-electron chi connectivity index (χ2n) is 12.9. The number of fused-ring (bicyclic) bond motifs is 1. The van der Waals surface area contributed by atoms with Crippen LogP contribution in [0.3, 0.4) is 0 Å². The Kier molecular flexibility index (Phi) is 8.34. The monoisotopic (exact) mass is 616 g/mol. The Bertz CT molecular complexity index is 1670. The summed E-state index contributed by atoms with van der Waals surface area (Å²) in [6.45, 7) is 7.45. The number of carbonyl (C=O) groups excluding carboxylic acids is 2. The number of nitrogens with zero attached hydrogens (tertiary/aromatic N) is 4. The Labute approximate surface area is 261 Å². The Morgan fingerprint density at radius 3 is 2.82 bits per heavy atom. The number of Topliss-reactive ketones (excluding diaryl/α,β-unsaturated/α-hetero) is 1. The predicted molar refractivity (Wildman–Crippen MR) is 170 cm³/mol. The van der Waals surface area contributed by atoms with Gasteiger partial charge < -0.3 is 10.4 Å². The zero-order chi connectivity index (χ0) is 31.2. The lowest BCUT2D eigenvalue weighted by atomic mass is 9.88. The van der Waals surface area contributed by atoms with Gasteiger partial charge in [-0.05, 0) is 98.2 Å². The van der Waals surface area contributed by atoms with E-state index in [0.717, 1.165) is 35.4 Å². The minimum absolute atomic E-state index is 0.0243. The Hall–Kier alpha value is -3.60. The summed E-state index contributed by atoms with van der Waals surface area (Å²) < 4.78 is 16.7. The number of amides is 1. The summed E-state index contributed by atoms with van der Waals surface area (Å²) >= 11 is 1.33. The normalized spacial score (nSPS) is 25.3. The van der Waals surface area contributed by atoms with Crippen LogP contribution in [-0.4, -0.2) is 64.3 Å². The third-order valence-electron chi connectivity index (χ3n) is 9.05. The summed E-state index contributed by atoms with van der Waals surface area (Å²) in [5, 5.41) is 18.1. The summed E-state index contributed by atoms with van der Waals surface area (Å²) in [5.41, 5.74) is 3.19. The first-order chi connectivity index (χ1) is 21.0. The average molecular weight is 617 g/mol. The fourth-order valence-corrected chi connectivity index (χ4v) is 7.75.